The highest BCUT2D eigenvalue weighted by Gasteiger charge is 2.77. The van der Waals surface area contributed by atoms with Crippen molar-refractivity contribution in [1.29, 1.82) is 0 Å². The predicted molar refractivity (Wildman–Crippen MR) is 173 cm³/mol. The number of ether oxygens (including phenoxy) is 1. The molecule has 4 amide bonds. The summed E-state index contributed by atoms with van der Waals surface area (Å²) in [6.45, 7) is 0. The van der Waals surface area contributed by atoms with Crippen molar-refractivity contribution in [2.45, 2.75) is 28.5 Å². The molecule has 6 unspecified atom stereocenters. The maximum atomic E-state index is 14.4. The topological polar surface area (TPSA) is 104 Å². The third-order valence-electron chi connectivity index (χ3n) is 9.53. The lowest BCUT2D eigenvalue weighted by atomic mass is 9.56. The van der Waals surface area contributed by atoms with Gasteiger partial charge >= 0.3 is 0 Å². The van der Waals surface area contributed by atoms with Crippen LogP contribution >= 0.6 is 45.8 Å². The number of halogens is 4. The molecule has 0 spiro atoms. The van der Waals surface area contributed by atoms with Crippen LogP contribution in [-0.4, -0.2) is 45.6 Å². The molecule has 2 aliphatic carbocycles. The molecule has 3 aromatic carbocycles. The van der Waals surface area contributed by atoms with Crippen LogP contribution in [0.1, 0.15) is 24.3 Å². The Hall–Kier alpha value is -3.48. The van der Waals surface area contributed by atoms with Gasteiger partial charge in [-0.15, -0.1) is 23.2 Å². The maximum Gasteiger partial charge on any atom is 0.258 e. The summed E-state index contributed by atoms with van der Waals surface area (Å²) < 4.78 is 20.0. The number of methoxy groups -OCH3 is 1. The van der Waals surface area contributed by atoms with Crippen LogP contribution in [0.4, 0.5) is 15.8 Å². The van der Waals surface area contributed by atoms with Crippen LogP contribution in [0.15, 0.2) is 78.4 Å². The van der Waals surface area contributed by atoms with Crippen molar-refractivity contribution < 1.29 is 33.4 Å². The van der Waals surface area contributed by atoms with Crippen LogP contribution in [0, 0.1) is 27.1 Å². The van der Waals surface area contributed by atoms with Crippen LogP contribution in [0.25, 0.3) is 0 Å². The van der Waals surface area contributed by atoms with Gasteiger partial charge in [-0.2, -0.15) is 0 Å². The zero-order valence-electron chi connectivity index (χ0n) is 23.5. The number of hydrogen-bond acceptors (Lipinski definition) is 6. The van der Waals surface area contributed by atoms with E-state index in [0.717, 1.165) is 20.6 Å². The van der Waals surface area contributed by atoms with Gasteiger partial charge < -0.3 is 9.84 Å². The molecule has 12 heteroatoms. The van der Waals surface area contributed by atoms with Gasteiger partial charge in [0.2, 0.25) is 11.8 Å². The summed E-state index contributed by atoms with van der Waals surface area (Å²) in [4.78, 5) is 54.4. The molecule has 45 heavy (non-hydrogen) atoms. The summed E-state index contributed by atoms with van der Waals surface area (Å²) in [6.07, 6.45) is 1.75. The zero-order chi connectivity index (χ0) is 32.0. The molecule has 0 bridgehead atoms. The molecule has 0 radical (unpaired) electrons. The van der Waals surface area contributed by atoms with Crippen LogP contribution in [-0.2, 0) is 19.2 Å². The maximum absolute atomic E-state index is 14.4. The van der Waals surface area contributed by atoms with E-state index in [-0.39, 0.29) is 35.7 Å². The SMILES string of the molecule is COc1ccc(C2C3=CCC4C(=O)N(c5ccc(I)cc5)C(=O)C4C3CC3(Cl)C(=O)N(c4ccc(F)cc4)C(=O)C23Cl)c(O)c1. The number of phenols is 1. The molecular weight excluding hydrogens is 737 g/mol. The summed E-state index contributed by atoms with van der Waals surface area (Å²) in [6, 6.07) is 16.3. The first kappa shape index (κ1) is 30.2. The molecule has 6 atom stereocenters. The van der Waals surface area contributed by atoms with Gasteiger partial charge in [0.15, 0.2) is 9.75 Å². The largest absolute Gasteiger partial charge is 0.508 e. The summed E-state index contributed by atoms with van der Waals surface area (Å²) >= 11 is 16.8. The average Bonchev–Trinajstić information content (AvgIpc) is 3.36. The van der Waals surface area contributed by atoms with Crippen molar-refractivity contribution in [3.8, 4) is 11.5 Å². The Kier molecular flexibility index (Phi) is 7.06. The number of phenolic OH excluding ortho intramolecular Hbond substituents is 1. The number of alkyl halides is 2. The fourth-order valence-corrected chi connectivity index (χ4v) is 8.77. The number of imide groups is 2. The molecule has 1 N–H and O–H groups in total. The second-order valence-corrected chi connectivity index (χ2v) is 14.2. The number of carbonyl (C=O) groups is 4. The number of benzene rings is 3. The molecule has 4 aliphatic rings. The van der Waals surface area contributed by atoms with Crippen molar-refractivity contribution in [1.82, 2.24) is 0 Å². The average molecular weight is 761 g/mol. The molecule has 230 valence electrons. The van der Waals surface area contributed by atoms with E-state index in [9.17, 15) is 28.7 Å². The van der Waals surface area contributed by atoms with Crippen molar-refractivity contribution in [2.24, 2.45) is 17.8 Å². The van der Waals surface area contributed by atoms with E-state index in [4.69, 9.17) is 27.9 Å². The molecule has 3 aromatic rings. The normalized spacial score (nSPS) is 30.6. The number of aromatic hydroxyl groups is 1. The summed E-state index contributed by atoms with van der Waals surface area (Å²) in [5.74, 6) is -6.50. The third kappa shape index (κ3) is 4.14. The van der Waals surface area contributed by atoms with Crippen molar-refractivity contribution in [3.05, 3.63) is 93.3 Å². The Morgan fingerprint density at radius 1 is 0.889 bits per heavy atom. The molecule has 3 fully saturated rings. The number of hydrogen-bond donors (Lipinski definition) is 1. The Labute approximate surface area is 280 Å². The lowest BCUT2D eigenvalue weighted by Gasteiger charge is -2.50. The van der Waals surface area contributed by atoms with Crippen molar-refractivity contribution >= 4 is 80.8 Å². The molecule has 2 saturated heterocycles. The minimum Gasteiger partial charge on any atom is -0.508 e. The van der Waals surface area contributed by atoms with E-state index in [1.807, 2.05) is 0 Å². The van der Waals surface area contributed by atoms with Crippen LogP contribution in [0.2, 0.25) is 0 Å². The first-order valence-electron chi connectivity index (χ1n) is 14.1. The Morgan fingerprint density at radius 2 is 1.53 bits per heavy atom. The number of rotatable bonds is 4. The number of nitrogens with zero attached hydrogens (tertiary/aromatic N) is 2. The van der Waals surface area contributed by atoms with Crippen molar-refractivity contribution in [3.63, 3.8) is 0 Å². The molecule has 1 saturated carbocycles. The van der Waals surface area contributed by atoms with Crippen LogP contribution < -0.4 is 14.5 Å². The van der Waals surface area contributed by atoms with E-state index in [1.165, 1.54) is 30.2 Å². The van der Waals surface area contributed by atoms with E-state index in [1.54, 1.807) is 42.5 Å². The highest BCUT2D eigenvalue weighted by molar-refractivity contribution is 14.1. The Bertz CT molecular complexity index is 1840. The molecule has 8 nitrogen and oxygen atoms in total. The second-order valence-electron chi connectivity index (χ2n) is 11.7. The highest BCUT2D eigenvalue weighted by Crippen LogP contribution is 2.66. The van der Waals surface area contributed by atoms with Gasteiger partial charge in [0.1, 0.15) is 17.3 Å². The van der Waals surface area contributed by atoms with Gasteiger partial charge in [-0.05, 0) is 95.9 Å². The quantitative estimate of drug-likeness (QED) is 0.154. The number of carbonyl (C=O) groups excluding carboxylic acids is 4. The van der Waals surface area contributed by atoms with E-state index >= 15 is 0 Å². The van der Waals surface area contributed by atoms with Crippen molar-refractivity contribution in [2.75, 3.05) is 16.9 Å². The van der Waals surface area contributed by atoms with Gasteiger partial charge in [-0.25, -0.2) is 9.29 Å². The van der Waals surface area contributed by atoms with E-state index in [2.05, 4.69) is 22.6 Å². The third-order valence-corrected chi connectivity index (χ3v) is 11.7. The second kappa shape index (κ2) is 10.5. The predicted octanol–water partition coefficient (Wildman–Crippen LogP) is 5.91. The molecule has 7 rings (SSSR count). The minimum atomic E-state index is -2.15. The lowest BCUT2D eigenvalue weighted by molar-refractivity contribution is -0.125. The molecular formula is C33H24Cl2FIN2O6. The molecule has 2 heterocycles. The number of fused-ring (bicyclic) bond motifs is 4. The summed E-state index contributed by atoms with van der Waals surface area (Å²) in [5, 5.41) is 11.3. The zero-order valence-corrected chi connectivity index (χ0v) is 27.2. The first-order valence-corrected chi connectivity index (χ1v) is 16.0. The van der Waals surface area contributed by atoms with Gasteiger partial charge in [0.05, 0.1) is 30.3 Å². The van der Waals surface area contributed by atoms with E-state index in [0.29, 0.717) is 17.0 Å². The lowest BCUT2D eigenvalue weighted by Crippen LogP contribution is -2.60. The molecule has 2 aliphatic heterocycles. The van der Waals surface area contributed by atoms with Gasteiger partial charge in [0.25, 0.3) is 11.8 Å². The van der Waals surface area contributed by atoms with E-state index < -0.39 is 57.0 Å². The summed E-state index contributed by atoms with van der Waals surface area (Å²) in [7, 11) is 1.43. The van der Waals surface area contributed by atoms with Gasteiger partial charge in [-0.1, -0.05) is 17.7 Å². The first-order chi connectivity index (χ1) is 21.4. The molecule has 0 aromatic heterocycles. The van der Waals surface area contributed by atoms with Gasteiger partial charge in [-0.3, -0.25) is 24.1 Å². The fourth-order valence-electron chi connectivity index (χ4n) is 7.48. The standard InChI is InChI=1S/C33H24Cl2FIN2O6/c1-45-20-10-11-22(25(40)14-20)27-21-12-13-23-26(29(42)38(28(23)41)18-8-4-17(37)5-9-18)24(21)15-32(34)30(43)39(31(44)33(27,32)35)19-6-2-16(36)3-7-19/h2-12,14,23-24,26-27,40H,13,15H2,1H3. The smallest absolute Gasteiger partial charge is 0.258 e. The Morgan fingerprint density at radius 3 is 2.18 bits per heavy atom. The summed E-state index contributed by atoms with van der Waals surface area (Å²) in [5.41, 5.74) is 1.25. The minimum absolute atomic E-state index is 0.0744. The number of allylic oxidation sites excluding steroid dienone is 2. The van der Waals surface area contributed by atoms with Crippen LogP contribution in [0.5, 0.6) is 11.5 Å². The fraction of sp³-hybridized carbons (Fsp3) is 0.273. The number of anilines is 2. The number of amides is 4. The monoisotopic (exact) mass is 760 g/mol. The Balaban J connectivity index is 1.40. The highest BCUT2D eigenvalue weighted by atomic mass is 127. The van der Waals surface area contributed by atoms with Gasteiger partial charge in [0, 0.05) is 21.1 Å². The van der Waals surface area contributed by atoms with Crippen LogP contribution in [0.3, 0.4) is 0 Å².